The van der Waals surface area contributed by atoms with E-state index in [1.807, 2.05) is 13.8 Å². The quantitative estimate of drug-likeness (QED) is 0.635. The number of piperidine rings is 1. The van der Waals surface area contributed by atoms with Crippen molar-refractivity contribution in [2.45, 2.75) is 26.7 Å². The molecule has 2 rings (SSSR count). The van der Waals surface area contributed by atoms with Gasteiger partial charge in [-0.3, -0.25) is 14.9 Å². The number of carbonyl (C=O) groups is 1. The topological polar surface area (TPSA) is 118 Å². The van der Waals surface area contributed by atoms with Gasteiger partial charge in [-0.05, 0) is 26.7 Å². The fourth-order valence-corrected chi connectivity index (χ4v) is 2.95. The predicted molar refractivity (Wildman–Crippen MR) is 86.0 cm³/mol. The van der Waals surface area contributed by atoms with Gasteiger partial charge < -0.3 is 15.5 Å². The van der Waals surface area contributed by atoms with Crippen LogP contribution in [0.5, 0.6) is 0 Å². The molecule has 1 amide bonds. The third kappa shape index (κ3) is 3.49. The molecule has 0 radical (unpaired) electrons. The van der Waals surface area contributed by atoms with Crippen LogP contribution >= 0.6 is 0 Å². The van der Waals surface area contributed by atoms with E-state index in [9.17, 15) is 14.9 Å². The van der Waals surface area contributed by atoms with Crippen molar-refractivity contribution in [3.8, 4) is 0 Å². The maximum atomic E-state index is 12.5. The summed E-state index contributed by atoms with van der Waals surface area (Å²) in [4.78, 5) is 34.5. The van der Waals surface area contributed by atoms with Crippen LogP contribution in [0.4, 0.5) is 17.3 Å². The maximum absolute atomic E-state index is 12.5. The molecule has 0 bridgehead atoms. The van der Waals surface area contributed by atoms with E-state index in [0.29, 0.717) is 26.2 Å². The number of aromatic nitrogens is 2. The summed E-state index contributed by atoms with van der Waals surface area (Å²) < 4.78 is 0. The van der Waals surface area contributed by atoms with Gasteiger partial charge in [0.1, 0.15) is 6.33 Å². The van der Waals surface area contributed by atoms with Gasteiger partial charge in [0.2, 0.25) is 17.5 Å². The molecule has 0 spiro atoms. The van der Waals surface area contributed by atoms with Crippen molar-refractivity contribution in [3.05, 3.63) is 16.4 Å². The lowest BCUT2D eigenvalue weighted by atomic mass is 9.96. The fraction of sp³-hybridized carbons (Fsp3) is 0.643. The van der Waals surface area contributed by atoms with Crippen LogP contribution in [0.1, 0.15) is 26.7 Å². The highest BCUT2D eigenvalue weighted by Gasteiger charge is 2.33. The molecule has 1 atom stereocenters. The molecule has 2 N–H and O–H groups in total. The maximum Gasteiger partial charge on any atom is 0.353 e. The van der Waals surface area contributed by atoms with Crippen molar-refractivity contribution in [2.24, 2.45) is 5.92 Å². The molecule has 23 heavy (non-hydrogen) atoms. The molecule has 1 aromatic heterocycles. The molecule has 126 valence electrons. The molecule has 1 unspecified atom stereocenters. The van der Waals surface area contributed by atoms with Gasteiger partial charge in [0.15, 0.2) is 0 Å². The first-order chi connectivity index (χ1) is 11.0. The number of nitrogen functional groups attached to an aromatic ring is 1. The molecule has 1 aliphatic heterocycles. The lowest BCUT2D eigenvalue weighted by Gasteiger charge is -2.34. The van der Waals surface area contributed by atoms with Crippen LogP contribution in [0, 0.1) is 16.0 Å². The van der Waals surface area contributed by atoms with E-state index in [-0.39, 0.29) is 29.1 Å². The first-order valence-electron chi connectivity index (χ1n) is 7.78. The summed E-state index contributed by atoms with van der Waals surface area (Å²) in [6.45, 7) is 6.22. The normalized spacial score (nSPS) is 17.8. The molecule has 0 aliphatic carbocycles. The summed E-state index contributed by atoms with van der Waals surface area (Å²) in [5, 5.41) is 11.2. The molecule has 1 aliphatic rings. The SMILES string of the molecule is CCN(CC)C(=O)C1CCCN(c2ncnc(N)c2[N+](=O)[O-])C1. The summed E-state index contributed by atoms with van der Waals surface area (Å²) in [5.41, 5.74) is 5.33. The van der Waals surface area contributed by atoms with Crippen LogP contribution in [0.2, 0.25) is 0 Å². The highest BCUT2D eigenvalue weighted by atomic mass is 16.6. The highest BCUT2D eigenvalue weighted by Crippen LogP contribution is 2.32. The second kappa shape index (κ2) is 7.21. The van der Waals surface area contributed by atoms with Gasteiger partial charge >= 0.3 is 5.69 Å². The van der Waals surface area contributed by atoms with Gasteiger partial charge in [-0.15, -0.1) is 0 Å². The second-order valence-electron chi connectivity index (χ2n) is 5.48. The number of anilines is 2. The average Bonchev–Trinajstić information content (AvgIpc) is 2.55. The molecular weight excluding hydrogens is 300 g/mol. The monoisotopic (exact) mass is 322 g/mol. The minimum atomic E-state index is -0.569. The number of hydrogen-bond acceptors (Lipinski definition) is 7. The van der Waals surface area contributed by atoms with E-state index in [1.54, 1.807) is 9.80 Å². The van der Waals surface area contributed by atoms with Crippen molar-refractivity contribution >= 4 is 23.2 Å². The molecule has 1 aromatic rings. The minimum absolute atomic E-state index is 0.0874. The zero-order valence-electron chi connectivity index (χ0n) is 13.4. The van der Waals surface area contributed by atoms with Crippen LogP contribution in [-0.4, -0.2) is 51.9 Å². The Hall–Kier alpha value is -2.45. The highest BCUT2D eigenvalue weighted by molar-refractivity contribution is 5.80. The van der Waals surface area contributed by atoms with Crippen LogP contribution < -0.4 is 10.6 Å². The molecule has 9 nitrogen and oxygen atoms in total. The Morgan fingerprint density at radius 2 is 2.17 bits per heavy atom. The third-order valence-corrected chi connectivity index (χ3v) is 4.16. The van der Waals surface area contributed by atoms with Gasteiger partial charge in [0.25, 0.3) is 0 Å². The van der Waals surface area contributed by atoms with Crippen molar-refractivity contribution in [1.29, 1.82) is 0 Å². The Kier molecular flexibility index (Phi) is 5.30. The average molecular weight is 322 g/mol. The Morgan fingerprint density at radius 1 is 1.48 bits per heavy atom. The molecular formula is C14H22N6O3. The van der Waals surface area contributed by atoms with Crippen molar-refractivity contribution in [2.75, 3.05) is 36.8 Å². The summed E-state index contributed by atoms with van der Waals surface area (Å²) in [7, 11) is 0. The first kappa shape index (κ1) is 16.9. The lowest BCUT2D eigenvalue weighted by molar-refractivity contribution is -0.383. The van der Waals surface area contributed by atoms with E-state index in [4.69, 9.17) is 5.73 Å². The number of nitrogens with two attached hydrogens (primary N) is 1. The standard InChI is InChI=1S/C14H22N6O3/c1-3-18(4-2)14(21)10-6-5-7-19(8-10)13-11(20(22)23)12(15)16-9-17-13/h9-10H,3-8H2,1-2H3,(H2,15,16,17). The van der Waals surface area contributed by atoms with Crippen LogP contribution in [0.25, 0.3) is 0 Å². The number of rotatable bonds is 5. The first-order valence-corrected chi connectivity index (χ1v) is 7.78. The predicted octanol–water partition coefficient (Wildman–Crippen LogP) is 1.05. The Morgan fingerprint density at radius 3 is 2.78 bits per heavy atom. The molecule has 9 heteroatoms. The second-order valence-corrected chi connectivity index (χ2v) is 5.48. The minimum Gasteiger partial charge on any atom is -0.378 e. The number of amides is 1. The van der Waals surface area contributed by atoms with Crippen LogP contribution in [0.15, 0.2) is 6.33 Å². The molecule has 0 aromatic carbocycles. The Balaban J connectivity index is 2.24. The summed E-state index contributed by atoms with van der Waals surface area (Å²) >= 11 is 0. The zero-order chi connectivity index (χ0) is 17.0. The van der Waals surface area contributed by atoms with Gasteiger partial charge in [0, 0.05) is 26.2 Å². The summed E-state index contributed by atoms with van der Waals surface area (Å²) in [6, 6.07) is 0. The Labute approximate surface area is 134 Å². The van der Waals surface area contributed by atoms with Crippen LogP contribution in [0.3, 0.4) is 0 Å². The number of nitro groups is 1. The van der Waals surface area contributed by atoms with Crippen LogP contribution in [-0.2, 0) is 4.79 Å². The Bertz CT molecular complexity index is 590. The van der Waals surface area contributed by atoms with E-state index < -0.39 is 4.92 Å². The van der Waals surface area contributed by atoms with Gasteiger partial charge in [0.05, 0.1) is 10.8 Å². The summed E-state index contributed by atoms with van der Waals surface area (Å²) in [6.07, 6.45) is 2.77. The molecule has 1 fully saturated rings. The van der Waals surface area contributed by atoms with Gasteiger partial charge in [-0.2, -0.15) is 0 Å². The number of hydrogen-bond donors (Lipinski definition) is 1. The largest absolute Gasteiger partial charge is 0.378 e. The zero-order valence-corrected chi connectivity index (χ0v) is 13.4. The van der Waals surface area contributed by atoms with Crippen molar-refractivity contribution in [1.82, 2.24) is 14.9 Å². The lowest BCUT2D eigenvalue weighted by Crippen LogP contribution is -2.45. The van der Waals surface area contributed by atoms with Crippen molar-refractivity contribution < 1.29 is 9.72 Å². The van der Waals surface area contributed by atoms with Gasteiger partial charge in [-0.25, -0.2) is 9.97 Å². The smallest absolute Gasteiger partial charge is 0.353 e. The van der Waals surface area contributed by atoms with Crippen molar-refractivity contribution in [3.63, 3.8) is 0 Å². The fourth-order valence-electron chi connectivity index (χ4n) is 2.95. The number of carbonyl (C=O) groups excluding carboxylic acids is 1. The van der Waals surface area contributed by atoms with E-state index in [1.165, 1.54) is 6.33 Å². The van der Waals surface area contributed by atoms with E-state index in [2.05, 4.69) is 9.97 Å². The van der Waals surface area contributed by atoms with Gasteiger partial charge in [-0.1, -0.05) is 0 Å². The molecule has 1 saturated heterocycles. The molecule has 0 saturated carbocycles. The van der Waals surface area contributed by atoms with E-state index >= 15 is 0 Å². The van der Waals surface area contributed by atoms with E-state index in [0.717, 1.165) is 12.8 Å². The molecule has 2 heterocycles. The third-order valence-electron chi connectivity index (χ3n) is 4.16. The summed E-state index contributed by atoms with van der Waals surface area (Å²) in [5.74, 6) is -0.0550. The number of nitrogens with zero attached hydrogens (tertiary/aromatic N) is 5.